The van der Waals surface area contributed by atoms with Crippen molar-refractivity contribution in [1.82, 2.24) is 0 Å². The van der Waals surface area contributed by atoms with Crippen molar-refractivity contribution in [3.63, 3.8) is 0 Å². The molecule has 2 atom stereocenters. The second-order valence-electron chi connectivity index (χ2n) is 3.20. The molecule has 0 saturated carbocycles. The van der Waals surface area contributed by atoms with Crippen LogP contribution in [0.3, 0.4) is 0 Å². The third-order valence-electron chi connectivity index (χ3n) is 2.02. The van der Waals surface area contributed by atoms with Crippen LogP contribution in [0, 0.1) is 5.92 Å². The van der Waals surface area contributed by atoms with Crippen LogP contribution < -0.4 is 0 Å². The fourth-order valence-electron chi connectivity index (χ4n) is 1.10. The van der Waals surface area contributed by atoms with Crippen LogP contribution in [0.5, 0.6) is 0 Å². The summed E-state index contributed by atoms with van der Waals surface area (Å²) in [5.74, 6) is 0.515. The maximum absolute atomic E-state index is 9.16. The van der Waals surface area contributed by atoms with Crippen molar-refractivity contribution in [1.29, 1.82) is 0 Å². The zero-order valence-electron chi connectivity index (χ0n) is 8.98. The Morgan fingerprint density at radius 2 is 2.07 bits per heavy atom. The van der Waals surface area contributed by atoms with Crippen molar-refractivity contribution in [2.75, 3.05) is 6.61 Å². The number of unbranched alkanes of at least 4 members (excludes halogenated alkanes) is 1. The molecule has 0 aromatic heterocycles. The van der Waals surface area contributed by atoms with Gasteiger partial charge in [-0.2, -0.15) is 0 Å². The molecule has 0 spiro atoms. The van der Waals surface area contributed by atoms with Crippen LogP contribution in [0.2, 0.25) is 0 Å². The summed E-state index contributed by atoms with van der Waals surface area (Å²) >= 11 is 8.49. The van der Waals surface area contributed by atoms with Crippen LogP contribution in [0.25, 0.3) is 0 Å². The fraction of sp³-hybridized carbons (Fsp3) is 1.00. The summed E-state index contributed by atoms with van der Waals surface area (Å²) in [6.45, 7) is 4.85. The molecule has 0 heterocycles. The van der Waals surface area contributed by atoms with E-state index >= 15 is 0 Å². The molecule has 0 aromatic rings. The molecule has 6 heteroatoms. The fourth-order valence-corrected chi connectivity index (χ4v) is 1.89. The van der Waals surface area contributed by atoms with Gasteiger partial charge in [0, 0.05) is 0 Å². The quantitative estimate of drug-likeness (QED) is 0.351. The predicted molar refractivity (Wildman–Crippen MR) is 74.7 cm³/mol. The van der Waals surface area contributed by atoms with E-state index in [1.807, 2.05) is 0 Å². The molecular weight excluding hydrogens is 432 g/mol. The summed E-state index contributed by atoms with van der Waals surface area (Å²) in [5.41, 5.74) is -2.74. The van der Waals surface area contributed by atoms with Crippen molar-refractivity contribution < 1.29 is 9.42 Å². The summed E-state index contributed by atoms with van der Waals surface area (Å²) in [7, 11) is 0. The first kappa shape index (κ1) is 18.2. The van der Waals surface area contributed by atoms with Gasteiger partial charge >= 0.3 is 26.2 Å². The molecule has 0 aliphatic heterocycles. The zero-order valence-corrected chi connectivity index (χ0v) is 17.1. The van der Waals surface area contributed by atoms with Gasteiger partial charge in [-0.15, -0.1) is 0 Å². The molecule has 0 aliphatic carbocycles. The van der Waals surface area contributed by atoms with Crippen LogP contribution in [-0.2, 0) is 16.3 Å². The number of rotatable bonds is 7. The Hall–Kier alpha value is 1.80. The van der Waals surface area contributed by atoms with Gasteiger partial charge in [-0.3, -0.25) is 0 Å². The van der Waals surface area contributed by atoms with Gasteiger partial charge in [-0.25, -0.2) is 0 Å². The van der Waals surface area contributed by atoms with E-state index in [2.05, 4.69) is 37.9 Å². The van der Waals surface area contributed by atoms with Gasteiger partial charge in [0.15, 0.2) is 0 Å². The molecule has 0 aromatic carbocycles. The molecule has 0 rings (SSSR count). The zero-order chi connectivity index (χ0) is 10.3. The Labute approximate surface area is 117 Å². The van der Waals surface area contributed by atoms with Crippen LogP contribution >= 0.6 is 17.9 Å². The first-order valence-electron chi connectivity index (χ1n) is 4.69. The minimum absolute atomic E-state index is 0. The number of hydrogen-bond donors (Lipinski definition) is 2. The third kappa shape index (κ3) is 11.9. The van der Waals surface area contributed by atoms with Crippen LogP contribution in [0.4, 0.5) is 0 Å². The van der Waals surface area contributed by atoms with Gasteiger partial charge < -0.3 is 9.42 Å². The first-order chi connectivity index (χ1) is 5.99. The molecule has 0 fully saturated rings. The SMILES string of the molecule is CCCCC(CC)COP(O)(=S)S.[BiH3]. The second-order valence-corrected chi connectivity index (χ2v) is 8.37. The molecule has 2 unspecified atom stereocenters. The standard InChI is InChI=1S/C8H19O2PS2.Bi.3H/c1-3-5-6-8(4-2)7-10-11(9,12)13;;;;/h8H,3-7H2,1-2H3,(H2,9,12,13);;;;. The van der Waals surface area contributed by atoms with Crippen molar-refractivity contribution in [3.05, 3.63) is 0 Å². The topological polar surface area (TPSA) is 29.5 Å². The molecule has 88 valence electrons. The van der Waals surface area contributed by atoms with Gasteiger partial charge in [0.2, 0.25) is 5.69 Å². The van der Waals surface area contributed by atoms with Crippen LogP contribution in [-0.4, -0.2) is 37.7 Å². The Kier molecular flexibility index (Phi) is 13.0. The van der Waals surface area contributed by atoms with E-state index in [0.29, 0.717) is 12.5 Å². The van der Waals surface area contributed by atoms with E-state index in [1.165, 1.54) is 12.8 Å². The summed E-state index contributed by atoms with van der Waals surface area (Å²) in [4.78, 5) is 9.16. The third-order valence-corrected chi connectivity index (χ3v) is 3.17. The molecule has 14 heavy (non-hydrogen) atoms. The van der Waals surface area contributed by atoms with Crippen LogP contribution in [0.15, 0.2) is 0 Å². The molecule has 1 N–H and O–H groups in total. The van der Waals surface area contributed by atoms with E-state index in [-0.39, 0.29) is 26.2 Å². The molecule has 0 aliphatic rings. The van der Waals surface area contributed by atoms with E-state index in [9.17, 15) is 0 Å². The molecular formula is C8H22BiO2PS2. The molecule has 2 nitrogen and oxygen atoms in total. The van der Waals surface area contributed by atoms with Gasteiger partial charge in [0.1, 0.15) is 0 Å². The monoisotopic (exact) mass is 454 g/mol. The van der Waals surface area contributed by atoms with E-state index in [1.54, 1.807) is 0 Å². The van der Waals surface area contributed by atoms with E-state index in [4.69, 9.17) is 9.42 Å². The van der Waals surface area contributed by atoms with Crippen molar-refractivity contribution in [3.8, 4) is 0 Å². The summed E-state index contributed by atoms with van der Waals surface area (Å²) < 4.78 is 5.13. The van der Waals surface area contributed by atoms with Crippen molar-refractivity contribution in [2.24, 2.45) is 5.92 Å². The Morgan fingerprint density at radius 3 is 2.43 bits per heavy atom. The Balaban J connectivity index is 0. The van der Waals surface area contributed by atoms with E-state index in [0.717, 1.165) is 12.8 Å². The van der Waals surface area contributed by atoms with Gasteiger partial charge in [-0.05, 0) is 24.1 Å². The van der Waals surface area contributed by atoms with Crippen LogP contribution in [0.1, 0.15) is 39.5 Å². The molecule has 0 saturated heterocycles. The van der Waals surface area contributed by atoms with Gasteiger partial charge in [0.05, 0.1) is 6.61 Å². The maximum atomic E-state index is 9.16. The molecule has 0 amide bonds. The predicted octanol–water partition coefficient (Wildman–Crippen LogP) is 2.18. The summed E-state index contributed by atoms with van der Waals surface area (Å²) in [6, 6.07) is 0. The van der Waals surface area contributed by atoms with E-state index < -0.39 is 5.69 Å². The summed E-state index contributed by atoms with van der Waals surface area (Å²) in [6.07, 6.45) is 4.63. The van der Waals surface area contributed by atoms with Gasteiger partial charge in [-0.1, -0.05) is 45.4 Å². The van der Waals surface area contributed by atoms with Crippen molar-refractivity contribution >= 4 is 56.0 Å². The second kappa shape index (κ2) is 9.99. The average molecular weight is 454 g/mol. The minimum atomic E-state index is -2.74. The Morgan fingerprint density at radius 1 is 1.50 bits per heavy atom. The first-order valence-corrected chi connectivity index (χ1v) is 8.52. The number of thiol groups is 1. The van der Waals surface area contributed by atoms with Gasteiger partial charge in [0.25, 0.3) is 0 Å². The van der Waals surface area contributed by atoms with Crippen molar-refractivity contribution in [2.45, 2.75) is 39.5 Å². The molecule has 0 bridgehead atoms. The normalized spacial score (nSPS) is 16.9. The molecule has 0 radical (unpaired) electrons. The summed E-state index contributed by atoms with van der Waals surface area (Å²) in [5, 5.41) is 0. The average Bonchev–Trinajstić information content (AvgIpc) is 2.03. The number of hydrogen-bond acceptors (Lipinski definition) is 2. The Bertz CT molecular complexity index is 175.